The Kier molecular flexibility index (Phi) is 6.21. The first-order valence-corrected chi connectivity index (χ1v) is 7.05. The molecule has 0 saturated heterocycles. The maximum atomic E-state index is 11.7. The summed E-state index contributed by atoms with van der Waals surface area (Å²) < 4.78 is 5.08. The van der Waals surface area contributed by atoms with Gasteiger partial charge in [-0.1, -0.05) is 29.8 Å². The second-order valence-electron chi connectivity index (χ2n) is 5.94. The number of hydrogen-bond donors (Lipinski definition) is 2. The van der Waals surface area contributed by atoms with E-state index in [9.17, 15) is 9.59 Å². The summed E-state index contributed by atoms with van der Waals surface area (Å²) in [5.74, 6) is -0.104. The number of nitrogens with one attached hydrogen (secondary N) is 2. The third-order valence-electron chi connectivity index (χ3n) is 2.59. The molecule has 0 fully saturated rings. The monoisotopic (exact) mass is 292 g/mol. The van der Waals surface area contributed by atoms with Crippen molar-refractivity contribution in [1.82, 2.24) is 10.6 Å². The van der Waals surface area contributed by atoms with Crippen LogP contribution in [0, 0.1) is 6.92 Å². The van der Waals surface area contributed by atoms with Gasteiger partial charge in [0, 0.05) is 19.5 Å². The van der Waals surface area contributed by atoms with Crippen LogP contribution in [0.15, 0.2) is 24.3 Å². The average Bonchev–Trinajstić information content (AvgIpc) is 2.34. The van der Waals surface area contributed by atoms with E-state index < -0.39 is 11.7 Å². The zero-order valence-electron chi connectivity index (χ0n) is 13.2. The van der Waals surface area contributed by atoms with Crippen molar-refractivity contribution in [3.8, 4) is 0 Å². The van der Waals surface area contributed by atoms with Crippen molar-refractivity contribution in [2.24, 2.45) is 0 Å². The molecular weight excluding hydrogens is 268 g/mol. The quantitative estimate of drug-likeness (QED) is 0.876. The molecule has 5 heteroatoms. The normalized spacial score (nSPS) is 10.9. The minimum absolute atomic E-state index is 0.104. The lowest BCUT2D eigenvalue weighted by atomic mass is 10.1. The summed E-state index contributed by atoms with van der Waals surface area (Å²) in [6, 6.07) is 7.96. The number of amides is 2. The molecule has 0 bridgehead atoms. The van der Waals surface area contributed by atoms with Crippen LogP contribution in [0.5, 0.6) is 0 Å². The Morgan fingerprint density at radius 1 is 1.19 bits per heavy atom. The molecule has 2 N–H and O–H groups in total. The largest absolute Gasteiger partial charge is 0.444 e. The number of ether oxygens (including phenoxy) is 1. The highest BCUT2D eigenvalue weighted by Gasteiger charge is 2.15. The fourth-order valence-corrected chi connectivity index (χ4v) is 1.70. The van der Waals surface area contributed by atoms with E-state index in [2.05, 4.69) is 10.6 Å². The second kappa shape index (κ2) is 7.67. The number of alkyl carbamates (subject to hydrolysis) is 1. The molecule has 1 rings (SSSR count). The Balaban J connectivity index is 2.21. The molecule has 1 aromatic carbocycles. The van der Waals surface area contributed by atoms with Crippen molar-refractivity contribution in [3.05, 3.63) is 35.4 Å². The topological polar surface area (TPSA) is 67.4 Å². The Hall–Kier alpha value is -2.04. The van der Waals surface area contributed by atoms with E-state index in [1.54, 1.807) is 20.8 Å². The third-order valence-corrected chi connectivity index (χ3v) is 2.59. The van der Waals surface area contributed by atoms with E-state index in [0.717, 1.165) is 11.1 Å². The summed E-state index contributed by atoms with van der Waals surface area (Å²) in [7, 11) is 0. The highest BCUT2D eigenvalue weighted by molar-refractivity contribution is 5.77. The molecule has 116 valence electrons. The van der Waals surface area contributed by atoms with Crippen LogP contribution in [0.3, 0.4) is 0 Å². The van der Waals surface area contributed by atoms with E-state index in [-0.39, 0.29) is 18.9 Å². The minimum Gasteiger partial charge on any atom is -0.444 e. The van der Waals surface area contributed by atoms with Crippen LogP contribution < -0.4 is 10.6 Å². The average molecular weight is 292 g/mol. The van der Waals surface area contributed by atoms with Crippen molar-refractivity contribution >= 4 is 12.0 Å². The van der Waals surface area contributed by atoms with Gasteiger partial charge < -0.3 is 15.4 Å². The Morgan fingerprint density at radius 3 is 2.52 bits per heavy atom. The first-order chi connectivity index (χ1) is 9.76. The smallest absolute Gasteiger partial charge is 0.407 e. The van der Waals surface area contributed by atoms with Gasteiger partial charge in [0.2, 0.25) is 5.91 Å². The molecule has 0 aromatic heterocycles. The standard InChI is InChI=1S/C16H24N2O3/c1-12-6-5-7-13(10-12)11-18-14(19)8-9-17-15(20)21-16(2,3)4/h5-7,10H,8-9,11H2,1-4H3,(H,17,20)(H,18,19). The van der Waals surface area contributed by atoms with Gasteiger partial charge in [-0.15, -0.1) is 0 Å². The van der Waals surface area contributed by atoms with Crippen LogP contribution in [0.25, 0.3) is 0 Å². The van der Waals surface area contributed by atoms with Crippen molar-refractivity contribution in [2.45, 2.75) is 46.3 Å². The van der Waals surface area contributed by atoms with E-state index in [0.29, 0.717) is 6.54 Å². The Bertz CT molecular complexity index is 493. The molecule has 0 aliphatic heterocycles. The van der Waals surface area contributed by atoms with Gasteiger partial charge in [0.05, 0.1) is 0 Å². The second-order valence-corrected chi connectivity index (χ2v) is 5.94. The summed E-state index contributed by atoms with van der Waals surface area (Å²) in [5, 5.41) is 5.37. The molecule has 0 saturated carbocycles. The van der Waals surface area contributed by atoms with E-state index in [1.165, 1.54) is 0 Å². The van der Waals surface area contributed by atoms with Crippen LogP contribution in [0.2, 0.25) is 0 Å². The SMILES string of the molecule is Cc1cccc(CNC(=O)CCNC(=O)OC(C)(C)C)c1. The fraction of sp³-hybridized carbons (Fsp3) is 0.500. The number of carbonyl (C=O) groups excluding carboxylic acids is 2. The molecule has 2 amide bonds. The third kappa shape index (κ3) is 7.97. The van der Waals surface area contributed by atoms with Gasteiger partial charge in [-0.2, -0.15) is 0 Å². The van der Waals surface area contributed by atoms with Crippen molar-refractivity contribution in [2.75, 3.05) is 6.54 Å². The molecule has 0 aliphatic carbocycles. The van der Waals surface area contributed by atoms with Gasteiger partial charge in [0.25, 0.3) is 0 Å². The summed E-state index contributed by atoms with van der Waals surface area (Å²) in [4.78, 5) is 23.1. The van der Waals surface area contributed by atoms with Gasteiger partial charge in [-0.05, 0) is 33.3 Å². The lowest BCUT2D eigenvalue weighted by Crippen LogP contribution is -2.35. The van der Waals surface area contributed by atoms with Crippen LogP contribution in [0.4, 0.5) is 4.79 Å². The molecule has 0 atom stereocenters. The molecule has 5 nitrogen and oxygen atoms in total. The van der Waals surface area contributed by atoms with E-state index in [4.69, 9.17) is 4.74 Å². The van der Waals surface area contributed by atoms with Gasteiger partial charge in [0.1, 0.15) is 5.60 Å². The molecule has 21 heavy (non-hydrogen) atoms. The first kappa shape index (κ1) is 17.0. The molecule has 0 spiro atoms. The maximum absolute atomic E-state index is 11.7. The lowest BCUT2D eigenvalue weighted by molar-refractivity contribution is -0.121. The number of benzene rings is 1. The minimum atomic E-state index is -0.530. The van der Waals surface area contributed by atoms with Gasteiger partial charge >= 0.3 is 6.09 Å². The Morgan fingerprint density at radius 2 is 1.90 bits per heavy atom. The van der Waals surface area contributed by atoms with Crippen LogP contribution in [0.1, 0.15) is 38.3 Å². The zero-order chi connectivity index (χ0) is 15.9. The highest BCUT2D eigenvalue weighted by atomic mass is 16.6. The van der Waals surface area contributed by atoms with Crippen molar-refractivity contribution in [1.29, 1.82) is 0 Å². The number of hydrogen-bond acceptors (Lipinski definition) is 3. The summed E-state index contributed by atoms with van der Waals surface area (Å²) in [5.41, 5.74) is 1.69. The molecule has 0 unspecified atom stereocenters. The predicted molar refractivity (Wildman–Crippen MR) is 81.9 cm³/mol. The number of aryl methyl sites for hydroxylation is 1. The molecule has 0 radical (unpaired) electrons. The molecular formula is C16H24N2O3. The van der Waals surface area contributed by atoms with Gasteiger partial charge in [-0.3, -0.25) is 4.79 Å². The predicted octanol–water partition coefficient (Wildman–Crippen LogP) is 2.53. The summed E-state index contributed by atoms with van der Waals surface area (Å²) >= 11 is 0. The number of carbonyl (C=O) groups is 2. The van der Waals surface area contributed by atoms with Gasteiger partial charge in [-0.25, -0.2) is 4.79 Å². The summed E-state index contributed by atoms with van der Waals surface area (Å²) in [6.07, 6.45) is -0.278. The van der Waals surface area contributed by atoms with Crippen molar-refractivity contribution in [3.63, 3.8) is 0 Å². The van der Waals surface area contributed by atoms with E-state index >= 15 is 0 Å². The highest BCUT2D eigenvalue weighted by Crippen LogP contribution is 2.06. The molecule has 0 heterocycles. The van der Waals surface area contributed by atoms with Crippen LogP contribution in [-0.4, -0.2) is 24.1 Å². The molecule has 1 aromatic rings. The lowest BCUT2D eigenvalue weighted by Gasteiger charge is -2.19. The molecule has 0 aliphatic rings. The van der Waals surface area contributed by atoms with Crippen LogP contribution >= 0.6 is 0 Å². The van der Waals surface area contributed by atoms with Crippen molar-refractivity contribution < 1.29 is 14.3 Å². The Labute approximate surface area is 126 Å². The first-order valence-electron chi connectivity index (χ1n) is 7.05. The number of rotatable bonds is 5. The van der Waals surface area contributed by atoms with Crippen LogP contribution in [-0.2, 0) is 16.1 Å². The van der Waals surface area contributed by atoms with E-state index in [1.807, 2.05) is 31.2 Å². The van der Waals surface area contributed by atoms with Gasteiger partial charge in [0.15, 0.2) is 0 Å². The fourth-order valence-electron chi connectivity index (χ4n) is 1.70. The zero-order valence-corrected chi connectivity index (χ0v) is 13.2. The maximum Gasteiger partial charge on any atom is 0.407 e. The summed E-state index contributed by atoms with van der Waals surface area (Å²) in [6.45, 7) is 8.14.